The van der Waals surface area contributed by atoms with E-state index in [2.05, 4.69) is 22.0 Å². The van der Waals surface area contributed by atoms with Gasteiger partial charge in [-0.25, -0.2) is 0 Å². The molecular weight excluding hydrogens is 428 g/mol. The Morgan fingerprint density at radius 3 is 2.45 bits per heavy atom. The van der Waals surface area contributed by atoms with Crippen LogP contribution in [-0.2, 0) is 4.74 Å². The van der Waals surface area contributed by atoms with Crippen LogP contribution in [0.3, 0.4) is 0 Å². The second-order valence-electron chi connectivity index (χ2n) is 6.87. The van der Waals surface area contributed by atoms with Crippen LogP contribution in [0, 0.1) is 11.3 Å². The fraction of sp³-hybridized carbons (Fsp3) is 0.167. The lowest BCUT2D eigenvalue weighted by Gasteiger charge is -2.33. The highest BCUT2D eigenvalue weighted by molar-refractivity contribution is 9.10. The molecule has 0 bridgehead atoms. The highest BCUT2D eigenvalue weighted by Gasteiger charge is 2.27. The molecule has 1 aliphatic rings. The third-order valence-corrected chi connectivity index (χ3v) is 5.62. The highest BCUT2D eigenvalue weighted by Crippen LogP contribution is 2.30. The minimum Gasteiger partial charge on any atom is -0.370 e. The van der Waals surface area contributed by atoms with Gasteiger partial charge in [-0.05, 0) is 35.4 Å². The Balaban J connectivity index is 1.63. The van der Waals surface area contributed by atoms with Crippen LogP contribution in [0.4, 0.5) is 0 Å². The second kappa shape index (κ2) is 8.60. The monoisotopic (exact) mass is 446 g/mol. The van der Waals surface area contributed by atoms with Crippen LogP contribution in [0.2, 0.25) is 0 Å². The number of benzene rings is 3. The van der Waals surface area contributed by atoms with Crippen LogP contribution in [-0.4, -0.2) is 30.5 Å². The van der Waals surface area contributed by atoms with Gasteiger partial charge in [-0.15, -0.1) is 0 Å². The molecule has 0 saturated carbocycles. The molecule has 0 N–H and O–H groups in total. The van der Waals surface area contributed by atoms with E-state index >= 15 is 0 Å². The smallest absolute Gasteiger partial charge is 0.254 e. The zero-order valence-corrected chi connectivity index (χ0v) is 17.3. The maximum absolute atomic E-state index is 13.4. The first kappa shape index (κ1) is 19.4. The van der Waals surface area contributed by atoms with Gasteiger partial charge in [0.1, 0.15) is 6.10 Å². The molecule has 1 atom stereocenters. The zero-order valence-electron chi connectivity index (χ0n) is 15.7. The first-order chi connectivity index (χ1) is 14.2. The summed E-state index contributed by atoms with van der Waals surface area (Å²) in [5.41, 5.74) is 3.76. The summed E-state index contributed by atoms with van der Waals surface area (Å²) in [4.78, 5) is 15.2. The lowest BCUT2D eigenvalue weighted by atomic mass is 9.95. The van der Waals surface area contributed by atoms with E-state index in [0.29, 0.717) is 30.8 Å². The Hall–Kier alpha value is -2.94. The number of amides is 1. The van der Waals surface area contributed by atoms with Crippen molar-refractivity contribution in [3.63, 3.8) is 0 Å². The Morgan fingerprint density at radius 1 is 1.00 bits per heavy atom. The fourth-order valence-electron chi connectivity index (χ4n) is 3.60. The lowest BCUT2D eigenvalue weighted by molar-refractivity contribution is -0.0228. The van der Waals surface area contributed by atoms with Gasteiger partial charge in [-0.1, -0.05) is 64.5 Å². The molecule has 0 radical (unpaired) electrons. The van der Waals surface area contributed by atoms with Gasteiger partial charge in [0.25, 0.3) is 5.91 Å². The van der Waals surface area contributed by atoms with E-state index in [0.717, 1.165) is 21.2 Å². The largest absolute Gasteiger partial charge is 0.370 e. The Labute approximate surface area is 178 Å². The maximum Gasteiger partial charge on any atom is 0.254 e. The van der Waals surface area contributed by atoms with E-state index in [1.807, 2.05) is 71.6 Å². The number of nitriles is 1. The van der Waals surface area contributed by atoms with Crippen molar-refractivity contribution in [1.82, 2.24) is 4.90 Å². The molecule has 4 nitrogen and oxygen atoms in total. The molecule has 0 spiro atoms. The van der Waals surface area contributed by atoms with E-state index in [1.165, 1.54) is 0 Å². The fourth-order valence-corrected chi connectivity index (χ4v) is 3.87. The van der Waals surface area contributed by atoms with Gasteiger partial charge < -0.3 is 9.64 Å². The molecule has 0 aliphatic carbocycles. The standard InChI is InChI=1S/C24H19BrN2O2/c25-19-11-9-17(10-12-19)23-16-27(13-14-29-23)24(28)22-8-4-3-7-21(22)20-6-2-1-5-18(20)15-26/h1-12,23H,13-14,16H2. The average Bonchev–Trinajstić information content (AvgIpc) is 2.79. The molecule has 1 heterocycles. The average molecular weight is 447 g/mol. The molecule has 29 heavy (non-hydrogen) atoms. The van der Waals surface area contributed by atoms with Crippen molar-refractivity contribution in [3.05, 3.63) is 94.0 Å². The van der Waals surface area contributed by atoms with E-state index in [1.54, 1.807) is 6.07 Å². The van der Waals surface area contributed by atoms with Crippen LogP contribution in [0.5, 0.6) is 0 Å². The number of nitrogens with zero attached hydrogens (tertiary/aromatic N) is 2. The van der Waals surface area contributed by atoms with Gasteiger partial charge in [-0.2, -0.15) is 5.26 Å². The number of carbonyl (C=O) groups excluding carboxylic acids is 1. The summed E-state index contributed by atoms with van der Waals surface area (Å²) in [6, 6.07) is 25.1. The van der Waals surface area contributed by atoms with Crippen molar-refractivity contribution in [2.45, 2.75) is 6.10 Å². The number of morpholine rings is 1. The van der Waals surface area contributed by atoms with Gasteiger partial charge >= 0.3 is 0 Å². The van der Waals surface area contributed by atoms with Gasteiger partial charge in [-0.3, -0.25) is 4.79 Å². The van der Waals surface area contributed by atoms with Crippen molar-refractivity contribution in [3.8, 4) is 17.2 Å². The summed E-state index contributed by atoms with van der Waals surface area (Å²) >= 11 is 3.45. The maximum atomic E-state index is 13.4. The van der Waals surface area contributed by atoms with Crippen molar-refractivity contribution in [1.29, 1.82) is 5.26 Å². The predicted molar refractivity (Wildman–Crippen MR) is 115 cm³/mol. The van der Waals surface area contributed by atoms with Gasteiger partial charge in [0.15, 0.2) is 0 Å². The summed E-state index contributed by atoms with van der Waals surface area (Å²) in [6.45, 7) is 1.53. The zero-order chi connectivity index (χ0) is 20.2. The summed E-state index contributed by atoms with van der Waals surface area (Å²) in [5, 5.41) is 9.47. The van der Waals surface area contributed by atoms with E-state index in [9.17, 15) is 10.1 Å². The summed E-state index contributed by atoms with van der Waals surface area (Å²) in [6.07, 6.45) is -0.153. The summed E-state index contributed by atoms with van der Waals surface area (Å²) in [7, 11) is 0. The first-order valence-corrected chi connectivity index (χ1v) is 10.2. The molecule has 1 fully saturated rings. The van der Waals surface area contributed by atoms with E-state index < -0.39 is 0 Å². The molecule has 0 aromatic heterocycles. The minimum absolute atomic E-state index is 0.0428. The minimum atomic E-state index is -0.153. The normalized spacial score (nSPS) is 16.3. The van der Waals surface area contributed by atoms with E-state index in [-0.39, 0.29) is 12.0 Å². The quantitative estimate of drug-likeness (QED) is 0.555. The van der Waals surface area contributed by atoms with Crippen molar-refractivity contribution in [2.75, 3.05) is 19.7 Å². The molecule has 3 aromatic carbocycles. The molecule has 1 unspecified atom stereocenters. The van der Waals surface area contributed by atoms with Crippen molar-refractivity contribution < 1.29 is 9.53 Å². The van der Waals surface area contributed by atoms with Crippen molar-refractivity contribution in [2.24, 2.45) is 0 Å². The van der Waals surface area contributed by atoms with Gasteiger partial charge in [0, 0.05) is 22.1 Å². The highest BCUT2D eigenvalue weighted by atomic mass is 79.9. The topological polar surface area (TPSA) is 53.3 Å². The van der Waals surface area contributed by atoms with Gasteiger partial charge in [0.05, 0.1) is 24.8 Å². The molecular formula is C24H19BrN2O2. The molecule has 1 amide bonds. The number of ether oxygens (including phenoxy) is 1. The number of hydrogen-bond acceptors (Lipinski definition) is 3. The van der Waals surface area contributed by atoms with Crippen molar-refractivity contribution >= 4 is 21.8 Å². The van der Waals surface area contributed by atoms with Crippen LogP contribution >= 0.6 is 15.9 Å². The van der Waals surface area contributed by atoms with E-state index in [4.69, 9.17) is 4.74 Å². The number of halogens is 1. The molecule has 1 saturated heterocycles. The third kappa shape index (κ3) is 4.09. The molecule has 3 aromatic rings. The van der Waals surface area contributed by atoms with Crippen LogP contribution in [0.1, 0.15) is 27.6 Å². The SMILES string of the molecule is N#Cc1ccccc1-c1ccccc1C(=O)N1CCOC(c2ccc(Br)cc2)C1. The third-order valence-electron chi connectivity index (χ3n) is 5.09. The van der Waals surface area contributed by atoms with Crippen LogP contribution < -0.4 is 0 Å². The van der Waals surface area contributed by atoms with Gasteiger partial charge in [0.2, 0.25) is 0 Å². The Kier molecular flexibility index (Phi) is 5.75. The number of carbonyl (C=O) groups is 1. The molecule has 144 valence electrons. The van der Waals surface area contributed by atoms with Crippen LogP contribution in [0.25, 0.3) is 11.1 Å². The summed E-state index contributed by atoms with van der Waals surface area (Å²) in [5.74, 6) is -0.0428. The first-order valence-electron chi connectivity index (χ1n) is 9.42. The number of hydrogen-bond donors (Lipinski definition) is 0. The molecule has 5 heteroatoms. The molecule has 1 aliphatic heterocycles. The lowest BCUT2D eigenvalue weighted by Crippen LogP contribution is -2.42. The predicted octanol–water partition coefficient (Wildman–Crippen LogP) is 5.20. The second-order valence-corrected chi connectivity index (χ2v) is 7.78. The van der Waals surface area contributed by atoms with Crippen LogP contribution in [0.15, 0.2) is 77.3 Å². The Morgan fingerprint density at radius 2 is 1.69 bits per heavy atom. The Bertz CT molecular complexity index is 1070. The summed E-state index contributed by atoms with van der Waals surface area (Å²) < 4.78 is 6.93. The number of rotatable bonds is 3. The molecule has 4 rings (SSSR count).